The van der Waals surface area contributed by atoms with Crippen LogP contribution in [0.4, 0.5) is 0 Å². The van der Waals surface area contributed by atoms with Crippen molar-refractivity contribution in [1.29, 1.82) is 0 Å². The second-order valence-corrected chi connectivity index (χ2v) is 6.64. The number of benzene rings is 2. The molecule has 4 rings (SSSR count). The van der Waals surface area contributed by atoms with Crippen molar-refractivity contribution in [1.82, 2.24) is 4.90 Å². The Morgan fingerprint density at radius 2 is 1.56 bits per heavy atom. The van der Waals surface area contributed by atoms with Gasteiger partial charge in [-0.25, -0.2) is 0 Å². The summed E-state index contributed by atoms with van der Waals surface area (Å²) in [5.41, 5.74) is 5.05. The van der Waals surface area contributed by atoms with E-state index in [2.05, 4.69) is 17.0 Å². The lowest BCUT2D eigenvalue weighted by atomic mass is 9.83. The number of fused-ring (bicyclic) bond motifs is 4. The zero-order valence-corrected chi connectivity index (χ0v) is 14.8. The summed E-state index contributed by atoms with van der Waals surface area (Å²) in [6.45, 7) is 1.84. The highest BCUT2D eigenvalue weighted by atomic mass is 16.5. The molecule has 25 heavy (non-hydrogen) atoms. The molecule has 0 radical (unpaired) electrons. The summed E-state index contributed by atoms with van der Waals surface area (Å²) in [6, 6.07) is 8.35. The van der Waals surface area contributed by atoms with E-state index in [9.17, 15) is 5.11 Å². The van der Waals surface area contributed by atoms with Gasteiger partial charge >= 0.3 is 0 Å². The molecule has 0 aliphatic carbocycles. The molecule has 0 saturated heterocycles. The Hall–Kier alpha value is -2.40. The molecule has 0 unspecified atom stereocenters. The molecule has 0 amide bonds. The Bertz CT molecular complexity index is 818. The first-order valence-electron chi connectivity index (χ1n) is 8.52. The molecular formula is C20H23NO4. The van der Waals surface area contributed by atoms with Crippen LogP contribution in [0, 0.1) is 0 Å². The first-order chi connectivity index (χ1) is 12.1. The summed E-state index contributed by atoms with van der Waals surface area (Å²) in [5.74, 6) is 2.31. The predicted octanol–water partition coefficient (Wildman–Crippen LogP) is 3.07. The van der Waals surface area contributed by atoms with Crippen LogP contribution in [0.3, 0.4) is 0 Å². The highest BCUT2D eigenvalue weighted by molar-refractivity contribution is 5.52. The Kier molecular flexibility index (Phi) is 3.96. The van der Waals surface area contributed by atoms with Gasteiger partial charge in [-0.3, -0.25) is 4.90 Å². The minimum absolute atomic E-state index is 0.212. The number of hydrogen-bond acceptors (Lipinski definition) is 5. The summed E-state index contributed by atoms with van der Waals surface area (Å²) < 4.78 is 16.2. The summed E-state index contributed by atoms with van der Waals surface area (Å²) in [5, 5.41) is 10.1. The van der Waals surface area contributed by atoms with E-state index in [1.54, 1.807) is 21.3 Å². The number of ether oxygens (including phenoxy) is 3. The minimum atomic E-state index is 0.212. The van der Waals surface area contributed by atoms with Crippen LogP contribution in [0.2, 0.25) is 0 Å². The van der Waals surface area contributed by atoms with Crippen LogP contribution < -0.4 is 14.2 Å². The molecule has 2 aromatic carbocycles. The highest BCUT2D eigenvalue weighted by Gasteiger charge is 2.33. The fourth-order valence-electron chi connectivity index (χ4n) is 4.09. The molecule has 2 aromatic rings. The van der Waals surface area contributed by atoms with Gasteiger partial charge in [0.25, 0.3) is 0 Å². The molecule has 2 heterocycles. The molecule has 0 saturated carbocycles. The number of phenolic OH excluding ortho intramolecular Hbond substituents is 1. The lowest BCUT2D eigenvalue weighted by Crippen LogP contribution is -2.39. The number of rotatable bonds is 3. The smallest absolute Gasteiger partial charge is 0.161 e. The largest absolute Gasteiger partial charge is 0.504 e. The van der Waals surface area contributed by atoms with Gasteiger partial charge < -0.3 is 19.3 Å². The second-order valence-electron chi connectivity index (χ2n) is 6.64. The molecule has 0 fully saturated rings. The molecule has 0 aromatic heterocycles. The van der Waals surface area contributed by atoms with E-state index >= 15 is 0 Å². The maximum atomic E-state index is 10.1. The number of phenols is 1. The van der Waals surface area contributed by atoms with E-state index in [4.69, 9.17) is 14.2 Å². The van der Waals surface area contributed by atoms with E-state index in [-0.39, 0.29) is 5.75 Å². The van der Waals surface area contributed by atoms with Gasteiger partial charge in [-0.05, 0) is 59.4 Å². The molecule has 1 N–H and O–H groups in total. The summed E-state index contributed by atoms with van der Waals surface area (Å²) in [4.78, 5) is 2.47. The fourth-order valence-corrected chi connectivity index (χ4v) is 4.09. The summed E-state index contributed by atoms with van der Waals surface area (Å²) in [7, 11) is 4.94. The quantitative estimate of drug-likeness (QED) is 0.930. The van der Waals surface area contributed by atoms with Gasteiger partial charge in [0.2, 0.25) is 0 Å². The lowest BCUT2D eigenvalue weighted by molar-refractivity contribution is 0.160. The molecule has 1 atom stereocenters. The van der Waals surface area contributed by atoms with Crippen molar-refractivity contribution in [3.05, 3.63) is 46.5 Å². The maximum absolute atomic E-state index is 10.1. The number of aromatic hydroxyl groups is 1. The first-order valence-corrected chi connectivity index (χ1v) is 8.52. The zero-order chi connectivity index (χ0) is 17.6. The van der Waals surface area contributed by atoms with Gasteiger partial charge in [-0.2, -0.15) is 0 Å². The molecule has 2 aliphatic heterocycles. The molecule has 132 valence electrons. The Morgan fingerprint density at radius 3 is 2.28 bits per heavy atom. The molecule has 2 aliphatic rings. The average Bonchev–Trinajstić information content (AvgIpc) is 2.64. The number of methoxy groups -OCH3 is 3. The lowest BCUT2D eigenvalue weighted by Gasteiger charge is -2.41. The Morgan fingerprint density at radius 1 is 0.880 bits per heavy atom. The third-order valence-corrected chi connectivity index (χ3v) is 5.40. The third-order valence-electron chi connectivity index (χ3n) is 5.40. The van der Waals surface area contributed by atoms with Gasteiger partial charge in [-0.1, -0.05) is 0 Å². The van der Waals surface area contributed by atoms with Crippen molar-refractivity contribution in [2.24, 2.45) is 0 Å². The highest BCUT2D eigenvalue weighted by Crippen LogP contribution is 2.44. The van der Waals surface area contributed by atoms with Crippen molar-refractivity contribution in [2.45, 2.75) is 25.4 Å². The van der Waals surface area contributed by atoms with Gasteiger partial charge in [-0.15, -0.1) is 0 Å². The fraction of sp³-hybridized carbons (Fsp3) is 0.400. The van der Waals surface area contributed by atoms with E-state index in [1.807, 2.05) is 12.1 Å². The molecule has 0 spiro atoms. The normalized spacial score (nSPS) is 18.8. The molecular weight excluding hydrogens is 318 g/mol. The van der Waals surface area contributed by atoms with E-state index in [0.29, 0.717) is 11.8 Å². The van der Waals surface area contributed by atoms with Gasteiger partial charge in [0, 0.05) is 19.1 Å². The topological polar surface area (TPSA) is 51.2 Å². The molecule has 5 nitrogen and oxygen atoms in total. The third kappa shape index (κ3) is 2.59. The van der Waals surface area contributed by atoms with E-state index < -0.39 is 0 Å². The van der Waals surface area contributed by atoms with Gasteiger partial charge in [0.05, 0.1) is 21.3 Å². The van der Waals surface area contributed by atoms with Crippen LogP contribution in [-0.4, -0.2) is 37.9 Å². The monoisotopic (exact) mass is 341 g/mol. The number of hydrogen-bond donors (Lipinski definition) is 1. The van der Waals surface area contributed by atoms with Gasteiger partial charge in [0.15, 0.2) is 23.0 Å². The number of nitrogens with zero attached hydrogens (tertiary/aromatic N) is 1. The standard InChI is InChI=1S/C20H23NO4/c1-23-18-9-13-6-16-15-10-20(25-3)19(24-2)8-12(15)4-5-21(16)11-14(13)7-17(18)22/h7-10,16,22H,4-6,11H2,1-3H3/t16-/m0/s1. The van der Waals surface area contributed by atoms with Crippen molar-refractivity contribution < 1.29 is 19.3 Å². The van der Waals surface area contributed by atoms with E-state index in [1.165, 1.54) is 22.3 Å². The first kappa shape index (κ1) is 16.1. The van der Waals surface area contributed by atoms with Crippen molar-refractivity contribution >= 4 is 0 Å². The zero-order valence-electron chi connectivity index (χ0n) is 14.8. The van der Waals surface area contributed by atoms with Crippen LogP contribution in [0.5, 0.6) is 23.0 Å². The SMILES string of the molecule is COc1cc2c(cc1O)CN1CCc3cc(OC)c(OC)cc3[C@@H]1C2. The van der Waals surface area contributed by atoms with Crippen LogP contribution in [0.1, 0.15) is 28.3 Å². The summed E-state index contributed by atoms with van der Waals surface area (Å²) >= 11 is 0. The van der Waals surface area contributed by atoms with Crippen LogP contribution in [0.15, 0.2) is 24.3 Å². The van der Waals surface area contributed by atoms with Crippen LogP contribution in [0.25, 0.3) is 0 Å². The summed E-state index contributed by atoms with van der Waals surface area (Å²) in [6.07, 6.45) is 1.89. The maximum Gasteiger partial charge on any atom is 0.161 e. The molecule has 5 heteroatoms. The van der Waals surface area contributed by atoms with Gasteiger partial charge in [0.1, 0.15) is 0 Å². The predicted molar refractivity (Wildman–Crippen MR) is 94.8 cm³/mol. The minimum Gasteiger partial charge on any atom is -0.504 e. The second kappa shape index (κ2) is 6.15. The van der Waals surface area contributed by atoms with Crippen LogP contribution >= 0.6 is 0 Å². The van der Waals surface area contributed by atoms with Crippen LogP contribution in [-0.2, 0) is 19.4 Å². The van der Waals surface area contributed by atoms with Crippen molar-refractivity contribution in [3.63, 3.8) is 0 Å². The average molecular weight is 341 g/mol. The Balaban J connectivity index is 1.76. The molecule has 0 bridgehead atoms. The van der Waals surface area contributed by atoms with Crippen molar-refractivity contribution in [3.8, 4) is 23.0 Å². The van der Waals surface area contributed by atoms with Crippen molar-refractivity contribution in [2.75, 3.05) is 27.9 Å². The van der Waals surface area contributed by atoms with E-state index in [0.717, 1.165) is 37.4 Å². The Labute approximate surface area is 147 Å².